The van der Waals surface area contributed by atoms with Crippen LogP contribution in [0.5, 0.6) is 0 Å². The summed E-state index contributed by atoms with van der Waals surface area (Å²) in [5, 5.41) is 3.24. The minimum Gasteiger partial charge on any atom is -0.396 e. The van der Waals surface area contributed by atoms with E-state index in [1.165, 1.54) is 24.9 Å². The van der Waals surface area contributed by atoms with Gasteiger partial charge in [-0.3, -0.25) is 0 Å². The van der Waals surface area contributed by atoms with Gasteiger partial charge in [-0.1, -0.05) is 0 Å². The molecule has 0 amide bonds. The molecule has 1 aliphatic heterocycles. The van der Waals surface area contributed by atoms with Crippen molar-refractivity contribution in [1.82, 2.24) is 4.98 Å². The van der Waals surface area contributed by atoms with Crippen LogP contribution in [0.15, 0.2) is 36.4 Å². The van der Waals surface area contributed by atoms with Crippen LogP contribution in [-0.2, 0) is 0 Å². The van der Waals surface area contributed by atoms with Gasteiger partial charge in [-0.15, -0.1) is 0 Å². The second-order valence-electron chi connectivity index (χ2n) is 5.39. The number of nitrogens with one attached hydrogen (secondary N) is 1. The highest BCUT2D eigenvalue weighted by atomic mass is 15.1. The predicted octanol–water partition coefficient (Wildman–Crippen LogP) is 2.98. The average molecular weight is 283 g/mol. The molecular formula is C16H21N5. The number of nitrogen functional groups attached to an aromatic ring is 2. The van der Waals surface area contributed by atoms with Crippen LogP contribution in [-0.4, -0.2) is 18.1 Å². The molecule has 5 nitrogen and oxygen atoms in total. The van der Waals surface area contributed by atoms with Gasteiger partial charge in [0.05, 0.1) is 5.69 Å². The molecule has 0 atom stereocenters. The average Bonchev–Trinajstić information content (AvgIpc) is 2.53. The summed E-state index contributed by atoms with van der Waals surface area (Å²) in [5.74, 6) is 1.05. The second kappa shape index (κ2) is 5.91. The molecule has 1 aromatic heterocycles. The van der Waals surface area contributed by atoms with Gasteiger partial charge in [-0.25, -0.2) is 4.98 Å². The topological polar surface area (TPSA) is 80.2 Å². The maximum Gasteiger partial charge on any atom is 0.149 e. The number of hydrogen-bond donors (Lipinski definition) is 3. The molecule has 1 aromatic carbocycles. The van der Waals surface area contributed by atoms with Crippen molar-refractivity contribution in [2.24, 2.45) is 0 Å². The molecule has 110 valence electrons. The van der Waals surface area contributed by atoms with Crippen molar-refractivity contribution in [3.05, 3.63) is 36.4 Å². The fourth-order valence-electron chi connectivity index (χ4n) is 2.61. The lowest BCUT2D eigenvalue weighted by atomic mass is 10.1. The van der Waals surface area contributed by atoms with Gasteiger partial charge in [0, 0.05) is 24.5 Å². The van der Waals surface area contributed by atoms with Crippen LogP contribution in [0.25, 0.3) is 0 Å². The lowest BCUT2D eigenvalue weighted by Gasteiger charge is -2.28. The number of nitrogens with zero attached hydrogens (tertiary/aromatic N) is 2. The van der Waals surface area contributed by atoms with Crippen molar-refractivity contribution in [3.63, 3.8) is 0 Å². The summed E-state index contributed by atoms with van der Waals surface area (Å²) in [6, 6.07) is 12.0. The molecule has 0 aliphatic carbocycles. The summed E-state index contributed by atoms with van der Waals surface area (Å²) >= 11 is 0. The smallest absolute Gasteiger partial charge is 0.149 e. The van der Waals surface area contributed by atoms with E-state index in [0.717, 1.165) is 18.8 Å². The van der Waals surface area contributed by atoms with Gasteiger partial charge < -0.3 is 21.7 Å². The maximum atomic E-state index is 5.71. The molecule has 21 heavy (non-hydrogen) atoms. The standard InChI is InChI=1S/C16H21N5/c17-14-8-9-15(20-16(14)18)19-12-4-6-13(7-5-12)21-10-2-1-3-11-21/h4-9H,1-3,10-11,17H2,(H3,18,19,20). The monoisotopic (exact) mass is 283 g/mol. The predicted molar refractivity (Wildman–Crippen MR) is 88.9 cm³/mol. The third-order valence-corrected chi connectivity index (χ3v) is 3.82. The molecule has 1 saturated heterocycles. The highest BCUT2D eigenvalue weighted by molar-refractivity contribution is 5.66. The maximum absolute atomic E-state index is 5.71. The molecule has 3 rings (SSSR count). The van der Waals surface area contributed by atoms with E-state index in [1.807, 2.05) is 6.07 Å². The first-order valence-corrected chi connectivity index (χ1v) is 7.36. The number of piperidine rings is 1. The fourth-order valence-corrected chi connectivity index (χ4v) is 2.61. The number of rotatable bonds is 3. The minimum atomic E-state index is 0.352. The van der Waals surface area contributed by atoms with Gasteiger partial charge in [0.25, 0.3) is 0 Å². The molecule has 0 bridgehead atoms. The zero-order valence-corrected chi connectivity index (χ0v) is 12.0. The third-order valence-electron chi connectivity index (χ3n) is 3.82. The van der Waals surface area contributed by atoms with E-state index >= 15 is 0 Å². The van der Waals surface area contributed by atoms with Crippen molar-refractivity contribution in [3.8, 4) is 0 Å². The Labute approximate surface area is 125 Å². The Morgan fingerprint density at radius 2 is 1.62 bits per heavy atom. The van der Waals surface area contributed by atoms with Gasteiger partial charge in [0.2, 0.25) is 0 Å². The van der Waals surface area contributed by atoms with Crippen LogP contribution in [0.1, 0.15) is 19.3 Å². The van der Waals surface area contributed by atoms with Crippen molar-refractivity contribution < 1.29 is 0 Å². The number of hydrogen-bond acceptors (Lipinski definition) is 5. The van der Waals surface area contributed by atoms with Crippen molar-refractivity contribution >= 4 is 28.7 Å². The van der Waals surface area contributed by atoms with Crippen LogP contribution >= 0.6 is 0 Å². The van der Waals surface area contributed by atoms with Crippen LogP contribution in [0.2, 0.25) is 0 Å². The molecule has 5 heteroatoms. The lowest BCUT2D eigenvalue weighted by molar-refractivity contribution is 0.578. The van der Waals surface area contributed by atoms with Crippen LogP contribution in [0, 0.1) is 0 Å². The number of aromatic nitrogens is 1. The minimum absolute atomic E-state index is 0.352. The van der Waals surface area contributed by atoms with E-state index < -0.39 is 0 Å². The number of pyridine rings is 1. The van der Waals surface area contributed by atoms with E-state index in [9.17, 15) is 0 Å². The third kappa shape index (κ3) is 3.18. The number of anilines is 5. The number of benzene rings is 1. The van der Waals surface area contributed by atoms with Crippen LogP contribution in [0.3, 0.4) is 0 Å². The molecule has 0 saturated carbocycles. The van der Waals surface area contributed by atoms with E-state index in [-0.39, 0.29) is 0 Å². The van der Waals surface area contributed by atoms with E-state index in [0.29, 0.717) is 17.3 Å². The lowest BCUT2D eigenvalue weighted by Crippen LogP contribution is -2.29. The molecule has 0 spiro atoms. The Morgan fingerprint density at radius 1 is 0.905 bits per heavy atom. The van der Waals surface area contributed by atoms with Gasteiger partial charge in [-0.2, -0.15) is 0 Å². The Kier molecular flexibility index (Phi) is 3.81. The summed E-state index contributed by atoms with van der Waals surface area (Å²) < 4.78 is 0. The van der Waals surface area contributed by atoms with E-state index in [1.54, 1.807) is 6.07 Å². The van der Waals surface area contributed by atoms with Gasteiger partial charge in [0.1, 0.15) is 11.6 Å². The first kappa shape index (κ1) is 13.5. The molecule has 2 heterocycles. The molecule has 0 radical (unpaired) electrons. The first-order chi connectivity index (χ1) is 10.2. The van der Waals surface area contributed by atoms with Crippen LogP contribution in [0.4, 0.5) is 28.7 Å². The van der Waals surface area contributed by atoms with E-state index in [4.69, 9.17) is 11.5 Å². The zero-order valence-electron chi connectivity index (χ0n) is 12.0. The molecule has 1 fully saturated rings. The fraction of sp³-hybridized carbons (Fsp3) is 0.312. The van der Waals surface area contributed by atoms with Crippen molar-refractivity contribution in [1.29, 1.82) is 0 Å². The summed E-state index contributed by atoms with van der Waals surface area (Å²) in [7, 11) is 0. The summed E-state index contributed by atoms with van der Waals surface area (Å²) in [5.41, 5.74) is 14.2. The normalized spacial score (nSPS) is 15.0. The summed E-state index contributed by atoms with van der Waals surface area (Å²) in [4.78, 5) is 6.65. The largest absolute Gasteiger partial charge is 0.396 e. The molecule has 2 aromatic rings. The van der Waals surface area contributed by atoms with Crippen LogP contribution < -0.4 is 21.7 Å². The quantitative estimate of drug-likeness (QED) is 0.807. The SMILES string of the molecule is Nc1ccc(Nc2ccc(N3CCCCC3)cc2)nc1N. The summed E-state index contributed by atoms with van der Waals surface area (Å²) in [6.45, 7) is 2.31. The summed E-state index contributed by atoms with van der Waals surface area (Å²) in [6.07, 6.45) is 3.92. The zero-order chi connectivity index (χ0) is 14.7. The van der Waals surface area contributed by atoms with Gasteiger partial charge in [-0.05, 0) is 55.7 Å². The van der Waals surface area contributed by atoms with E-state index in [2.05, 4.69) is 39.5 Å². The molecule has 1 aliphatic rings. The molecule has 5 N–H and O–H groups in total. The Bertz CT molecular complexity index is 603. The number of nitrogens with two attached hydrogens (primary N) is 2. The Balaban J connectivity index is 1.70. The Morgan fingerprint density at radius 3 is 2.29 bits per heavy atom. The first-order valence-electron chi connectivity index (χ1n) is 7.36. The Hall–Kier alpha value is -2.43. The molecule has 0 unspecified atom stereocenters. The van der Waals surface area contributed by atoms with Gasteiger partial charge >= 0.3 is 0 Å². The second-order valence-corrected chi connectivity index (χ2v) is 5.39. The van der Waals surface area contributed by atoms with Gasteiger partial charge in [0.15, 0.2) is 0 Å². The highest BCUT2D eigenvalue weighted by Crippen LogP contribution is 2.24. The highest BCUT2D eigenvalue weighted by Gasteiger charge is 2.10. The van der Waals surface area contributed by atoms with Crippen molar-refractivity contribution in [2.75, 3.05) is 34.8 Å². The van der Waals surface area contributed by atoms with Crippen molar-refractivity contribution in [2.45, 2.75) is 19.3 Å². The molecular weight excluding hydrogens is 262 g/mol.